The molecule has 3 rings (SSSR count). The van der Waals surface area contributed by atoms with Gasteiger partial charge in [-0.05, 0) is 24.3 Å². The Kier molecular flexibility index (Phi) is 3.50. The highest BCUT2D eigenvalue weighted by molar-refractivity contribution is 5.55. The minimum Gasteiger partial charge on any atom is -0.492 e. The van der Waals surface area contributed by atoms with Crippen molar-refractivity contribution in [2.45, 2.75) is 0 Å². The molecule has 0 radical (unpaired) electrons. The maximum absolute atomic E-state index is 5.68. The summed E-state index contributed by atoms with van der Waals surface area (Å²) in [5.41, 5.74) is 7.36. The molecule has 2 aromatic rings. The van der Waals surface area contributed by atoms with E-state index in [0.29, 0.717) is 18.8 Å². The number of ether oxygens (including phenoxy) is 3. The van der Waals surface area contributed by atoms with Crippen LogP contribution in [0.3, 0.4) is 0 Å². The van der Waals surface area contributed by atoms with Crippen LogP contribution in [0.1, 0.15) is 0 Å². The van der Waals surface area contributed by atoms with Gasteiger partial charge in [-0.15, -0.1) is 0 Å². The highest BCUT2D eigenvalue weighted by atomic mass is 16.7. The Balaban J connectivity index is 1.48. The van der Waals surface area contributed by atoms with Gasteiger partial charge in [-0.3, -0.25) is 0 Å². The van der Waals surface area contributed by atoms with Gasteiger partial charge in [-0.2, -0.15) is 0 Å². The highest BCUT2D eigenvalue weighted by Crippen LogP contribution is 2.34. The minimum atomic E-state index is 0.289. The molecule has 2 aromatic carbocycles. The lowest BCUT2D eigenvalue weighted by Crippen LogP contribution is -2.11. The molecule has 104 valence electrons. The smallest absolute Gasteiger partial charge is 0.231 e. The van der Waals surface area contributed by atoms with Crippen LogP contribution >= 0.6 is 0 Å². The largest absolute Gasteiger partial charge is 0.492 e. The Morgan fingerprint density at radius 2 is 2.00 bits per heavy atom. The summed E-state index contributed by atoms with van der Waals surface area (Å²) in [4.78, 5) is 0. The van der Waals surface area contributed by atoms with Gasteiger partial charge in [0.1, 0.15) is 12.4 Å². The second-order valence-corrected chi connectivity index (χ2v) is 4.42. The summed E-state index contributed by atoms with van der Waals surface area (Å²) in [5.74, 6) is 2.33. The maximum Gasteiger partial charge on any atom is 0.231 e. The molecule has 0 amide bonds. The van der Waals surface area contributed by atoms with E-state index in [4.69, 9.17) is 19.9 Å². The quantitative estimate of drug-likeness (QED) is 0.646. The van der Waals surface area contributed by atoms with Crippen LogP contribution in [0.15, 0.2) is 42.5 Å². The lowest BCUT2D eigenvalue weighted by molar-refractivity contribution is 0.174. The van der Waals surface area contributed by atoms with E-state index in [9.17, 15) is 0 Å². The van der Waals surface area contributed by atoms with Crippen LogP contribution in [0.5, 0.6) is 17.2 Å². The van der Waals surface area contributed by atoms with E-state index in [1.807, 2.05) is 36.4 Å². The fraction of sp³-hybridized carbons (Fsp3) is 0.200. The number of hydrogen-bond acceptors (Lipinski definition) is 5. The Morgan fingerprint density at radius 3 is 2.90 bits per heavy atom. The van der Waals surface area contributed by atoms with Crippen molar-refractivity contribution < 1.29 is 14.2 Å². The minimum absolute atomic E-state index is 0.289. The van der Waals surface area contributed by atoms with Crippen molar-refractivity contribution in [2.24, 2.45) is 0 Å². The molecule has 0 aromatic heterocycles. The standard InChI is InChI=1S/C15H16N2O3/c16-11-2-1-3-13(8-11)18-7-6-17-12-4-5-14-15(9-12)20-10-19-14/h1-5,8-9,17H,6-7,10,16H2. The van der Waals surface area contributed by atoms with Crippen LogP contribution in [0, 0.1) is 0 Å². The molecule has 5 nitrogen and oxygen atoms in total. The summed E-state index contributed by atoms with van der Waals surface area (Å²) in [6.07, 6.45) is 0. The van der Waals surface area contributed by atoms with Gasteiger partial charge in [0.25, 0.3) is 0 Å². The Bertz CT molecular complexity index is 601. The fourth-order valence-electron chi connectivity index (χ4n) is 1.98. The summed E-state index contributed by atoms with van der Waals surface area (Å²) >= 11 is 0. The van der Waals surface area contributed by atoms with Gasteiger partial charge >= 0.3 is 0 Å². The third kappa shape index (κ3) is 2.88. The molecular weight excluding hydrogens is 256 g/mol. The van der Waals surface area contributed by atoms with E-state index in [1.165, 1.54) is 0 Å². The first-order valence-electron chi connectivity index (χ1n) is 6.43. The molecular formula is C15H16N2O3. The monoisotopic (exact) mass is 272 g/mol. The average molecular weight is 272 g/mol. The number of hydrogen-bond donors (Lipinski definition) is 2. The van der Waals surface area contributed by atoms with Gasteiger partial charge < -0.3 is 25.3 Å². The van der Waals surface area contributed by atoms with Gasteiger partial charge in [0.2, 0.25) is 6.79 Å². The third-order valence-electron chi connectivity index (χ3n) is 2.93. The van der Waals surface area contributed by atoms with E-state index in [-0.39, 0.29) is 6.79 Å². The van der Waals surface area contributed by atoms with E-state index >= 15 is 0 Å². The average Bonchev–Trinajstić information content (AvgIpc) is 2.91. The summed E-state index contributed by atoms with van der Waals surface area (Å²) in [7, 11) is 0. The predicted molar refractivity (Wildman–Crippen MR) is 77.4 cm³/mol. The number of nitrogens with two attached hydrogens (primary N) is 1. The lowest BCUT2D eigenvalue weighted by Gasteiger charge is -2.09. The van der Waals surface area contributed by atoms with Gasteiger partial charge in [0, 0.05) is 30.1 Å². The van der Waals surface area contributed by atoms with Crippen molar-refractivity contribution in [3.8, 4) is 17.2 Å². The van der Waals surface area contributed by atoms with Crippen molar-refractivity contribution in [2.75, 3.05) is 31.0 Å². The van der Waals surface area contributed by atoms with E-state index in [0.717, 1.165) is 22.9 Å². The molecule has 20 heavy (non-hydrogen) atoms. The topological polar surface area (TPSA) is 65.7 Å². The number of benzene rings is 2. The summed E-state index contributed by atoms with van der Waals surface area (Å²) in [5, 5.41) is 3.27. The lowest BCUT2D eigenvalue weighted by atomic mass is 10.3. The van der Waals surface area contributed by atoms with Gasteiger partial charge in [-0.1, -0.05) is 6.07 Å². The highest BCUT2D eigenvalue weighted by Gasteiger charge is 2.12. The molecule has 0 saturated carbocycles. The Hall–Kier alpha value is -2.56. The second kappa shape index (κ2) is 5.61. The first-order chi connectivity index (χ1) is 9.81. The van der Waals surface area contributed by atoms with Crippen molar-refractivity contribution in [1.29, 1.82) is 0 Å². The molecule has 0 unspecified atom stereocenters. The van der Waals surface area contributed by atoms with Crippen molar-refractivity contribution in [3.63, 3.8) is 0 Å². The molecule has 5 heteroatoms. The summed E-state index contributed by atoms with van der Waals surface area (Å²) in [6.45, 7) is 1.53. The van der Waals surface area contributed by atoms with E-state index in [2.05, 4.69) is 5.32 Å². The molecule has 0 spiro atoms. The van der Waals surface area contributed by atoms with Crippen LogP contribution < -0.4 is 25.3 Å². The van der Waals surface area contributed by atoms with Crippen LogP contribution in [0.4, 0.5) is 11.4 Å². The van der Waals surface area contributed by atoms with Crippen molar-refractivity contribution in [1.82, 2.24) is 0 Å². The fourth-order valence-corrected chi connectivity index (χ4v) is 1.98. The van der Waals surface area contributed by atoms with Gasteiger partial charge in [0.05, 0.1) is 0 Å². The third-order valence-corrected chi connectivity index (χ3v) is 2.93. The van der Waals surface area contributed by atoms with Crippen LogP contribution in [0.25, 0.3) is 0 Å². The molecule has 3 N–H and O–H groups in total. The van der Waals surface area contributed by atoms with Gasteiger partial charge in [-0.25, -0.2) is 0 Å². The normalized spacial score (nSPS) is 12.2. The zero-order chi connectivity index (χ0) is 13.8. The van der Waals surface area contributed by atoms with Gasteiger partial charge in [0.15, 0.2) is 11.5 Å². The SMILES string of the molecule is Nc1cccc(OCCNc2ccc3c(c2)OCO3)c1. The Morgan fingerprint density at radius 1 is 1.10 bits per heavy atom. The summed E-state index contributed by atoms with van der Waals surface area (Å²) < 4.78 is 16.2. The molecule has 1 heterocycles. The molecule has 0 fully saturated rings. The summed E-state index contributed by atoms with van der Waals surface area (Å²) in [6, 6.07) is 13.2. The maximum atomic E-state index is 5.68. The number of anilines is 2. The van der Waals surface area contributed by atoms with Crippen LogP contribution in [0.2, 0.25) is 0 Å². The number of rotatable bonds is 5. The first-order valence-corrected chi connectivity index (χ1v) is 6.43. The zero-order valence-corrected chi connectivity index (χ0v) is 11.0. The van der Waals surface area contributed by atoms with Crippen molar-refractivity contribution >= 4 is 11.4 Å². The second-order valence-electron chi connectivity index (χ2n) is 4.42. The van der Waals surface area contributed by atoms with E-state index in [1.54, 1.807) is 6.07 Å². The first kappa shape index (κ1) is 12.5. The van der Waals surface area contributed by atoms with E-state index < -0.39 is 0 Å². The molecule has 0 aliphatic carbocycles. The molecule has 0 atom stereocenters. The van der Waals surface area contributed by atoms with Crippen LogP contribution in [-0.4, -0.2) is 19.9 Å². The number of fused-ring (bicyclic) bond motifs is 1. The molecule has 0 bridgehead atoms. The number of nitrogen functional groups attached to an aromatic ring is 1. The van der Waals surface area contributed by atoms with Crippen molar-refractivity contribution in [3.05, 3.63) is 42.5 Å². The molecule has 1 aliphatic heterocycles. The predicted octanol–water partition coefficient (Wildman–Crippen LogP) is 2.49. The Labute approximate surface area is 117 Å². The molecule has 0 saturated heterocycles. The molecule has 1 aliphatic rings. The zero-order valence-electron chi connectivity index (χ0n) is 11.0. The van der Waals surface area contributed by atoms with Crippen LogP contribution in [-0.2, 0) is 0 Å². The number of nitrogens with one attached hydrogen (secondary N) is 1.